The summed E-state index contributed by atoms with van der Waals surface area (Å²) in [5.74, 6) is 0.452. The first-order valence-corrected chi connectivity index (χ1v) is 9.25. The molecule has 0 bridgehead atoms. The number of carbonyl (C=O) groups is 1. The molecule has 0 aliphatic carbocycles. The van der Waals surface area contributed by atoms with Crippen LogP contribution in [0, 0.1) is 6.92 Å². The van der Waals surface area contributed by atoms with Gasteiger partial charge in [0.25, 0.3) is 5.91 Å². The van der Waals surface area contributed by atoms with E-state index in [9.17, 15) is 4.79 Å². The highest BCUT2D eigenvalue weighted by molar-refractivity contribution is 5.81. The quantitative estimate of drug-likeness (QED) is 0.712. The predicted octanol–water partition coefficient (Wildman–Crippen LogP) is 2.48. The third-order valence-corrected chi connectivity index (χ3v) is 4.54. The van der Waals surface area contributed by atoms with Crippen LogP contribution in [-0.4, -0.2) is 46.8 Å². The highest BCUT2D eigenvalue weighted by atomic mass is 16.6. The molecule has 7 nitrogen and oxygen atoms in total. The van der Waals surface area contributed by atoms with Crippen molar-refractivity contribution < 1.29 is 14.3 Å². The number of ether oxygens (including phenoxy) is 2. The van der Waals surface area contributed by atoms with Crippen molar-refractivity contribution in [2.24, 2.45) is 0 Å². The van der Waals surface area contributed by atoms with Gasteiger partial charge in [0.2, 0.25) is 0 Å². The molecule has 1 fully saturated rings. The van der Waals surface area contributed by atoms with Crippen LogP contribution in [0.15, 0.2) is 48.7 Å². The summed E-state index contributed by atoms with van der Waals surface area (Å²) >= 11 is 0. The Labute approximate surface area is 163 Å². The van der Waals surface area contributed by atoms with Gasteiger partial charge in [-0.15, -0.1) is 0 Å². The maximum Gasteiger partial charge on any atom is 0.251 e. The molecule has 0 spiro atoms. The predicted molar refractivity (Wildman–Crippen MR) is 104 cm³/mol. The third-order valence-electron chi connectivity index (χ3n) is 4.54. The SMILES string of the molecule is Cc1ccc(-c2nc(CNC(=O)C3COCCO3)[nH]c2-c2ccccn2)cc1. The number of nitrogens with one attached hydrogen (secondary N) is 2. The molecule has 4 rings (SSSR count). The zero-order valence-corrected chi connectivity index (χ0v) is 15.6. The van der Waals surface area contributed by atoms with Crippen LogP contribution in [0.3, 0.4) is 0 Å². The van der Waals surface area contributed by atoms with Gasteiger partial charge in [-0.1, -0.05) is 35.9 Å². The van der Waals surface area contributed by atoms with Gasteiger partial charge >= 0.3 is 0 Å². The minimum atomic E-state index is -0.574. The van der Waals surface area contributed by atoms with E-state index in [1.165, 1.54) is 5.56 Å². The molecule has 3 heterocycles. The van der Waals surface area contributed by atoms with Crippen molar-refractivity contribution in [3.8, 4) is 22.6 Å². The number of imidazole rings is 1. The number of hydrogen-bond donors (Lipinski definition) is 2. The topological polar surface area (TPSA) is 89.1 Å². The van der Waals surface area contributed by atoms with Crippen molar-refractivity contribution in [3.63, 3.8) is 0 Å². The normalized spacial score (nSPS) is 16.7. The fourth-order valence-electron chi connectivity index (χ4n) is 3.05. The van der Waals surface area contributed by atoms with Gasteiger partial charge in [-0.05, 0) is 19.1 Å². The standard InChI is InChI=1S/C21H22N4O3/c1-14-5-7-15(8-6-14)19-20(16-4-2-3-9-22-16)25-18(24-19)12-23-21(26)17-13-27-10-11-28-17/h2-9,17H,10-13H2,1H3,(H,23,26)(H,24,25). The van der Waals surface area contributed by atoms with Gasteiger partial charge in [0.1, 0.15) is 5.82 Å². The summed E-state index contributed by atoms with van der Waals surface area (Å²) in [6.07, 6.45) is 1.17. The number of H-pyrrole nitrogens is 1. The second-order valence-electron chi connectivity index (χ2n) is 6.64. The van der Waals surface area contributed by atoms with Crippen LogP contribution in [-0.2, 0) is 20.8 Å². The van der Waals surface area contributed by atoms with Crippen LogP contribution in [0.2, 0.25) is 0 Å². The van der Waals surface area contributed by atoms with Crippen LogP contribution in [0.4, 0.5) is 0 Å². The van der Waals surface area contributed by atoms with Gasteiger partial charge in [-0.3, -0.25) is 9.78 Å². The molecule has 2 N–H and O–H groups in total. The molecule has 1 amide bonds. The Morgan fingerprint density at radius 3 is 2.79 bits per heavy atom. The van der Waals surface area contributed by atoms with Gasteiger partial charge in [0.05, 0.1) is 43.4 Å². The first kappa shape index (κ1) is 18.3. The van der Waals surface area contributed by atoms with Crippen molar-refractivity contribution in [1.29, 1.82) is 0 Å². The maximum absolute atomic E-state index is 12.3. The van der Waals surface area contributed by atoms with Gasteiger partial charge in [0, 0.05) is 11.8 Å². The van der Waals surface area contributed by atoms with E-state index in [2.05, 4.69) is 15.3 Å². The second-order valence-corrected chi connectivity index (χ2v) is 6.64. The largest absolute Gasteiger partial charge is 0.376 e. The molecular weight excluding hydrogens is 356 g/mol. The third kappa shape index (κ3) is 4.11. The zero-order chi connectivity index (χ0) is 19.3. The molecule has 1 unspecified atom stereocenters. The lowest BCUT2D eigenvalue weighted by Crippen LogP contribution is -2.42. The fraction of sp³-hybridized carbons (Fsp3) is 0.286. The maximum atomic E-state index is 12.3. The highest BCUT2D eigenvalue weighted by Gasteiger charge is 2.23. The van der Waals surface area contributed by atoms with Crippen molar-refractivity contribution in [1.82, 2.24) is 20.3 Å². The van der Waals surface area contributed by atoms with Crippen LogP contribution >= 0.6 is 0 Å². The number of aromatic amines is 1. The summed E-state index contributed by atoms with van der Waals surface area (Å²) in [5, 5.41) is 2.86. The molecule has 1 aliphatic heterocycles. The Kier molecular flexibility index (Phi) is 5.45. The summed E-state index contributed by atoms with van der Waals surface area (Å²) in [6, 6.07) is 13.9. The fourth-order valence-corrected chi connectivity index (χ4v) is 3.05. The molecule has 2 aromatic heterocycles. The molecule has 3 aromatic rings. The first-order chi connectivity index (χ1) is 13.7. The number of hydrogen-bond acceptors (Lipinski definition) is 5. The van der Waals surface area contributed by atoms with Gasteiger partial charge < -0.3 is 19.8 Å². The summed E-state index contributed by atoms with van der Waals surface area (Å²) in [5.41, 5.74) is 4.60. The summed E-state index contributed by atoms with van der Waals surface area (Å²) < 4.78 is 10.7. The first-order valence-electron chi connectivity index (χ1n) is 9.25. The highest BCUT2D eigenvalue weighted by Crippen LogP contribution is 2.29. The van der Waals surface area contributed by atoms with E-state index < -0.39 is 6.10 Å². The molecule has 1 aliphatic rings. The number of amides is 1. The van der Waals surface area contributed by atoms with Crippen LogP contribution in [0.25, 0.3) is 22.6 Å². The van der Waals surface area contributed by atoms with E-state index in [0.717, 1.165) is 22.6 Å². The minimum Gasteiger partial charge on any atom is -0.376 e. The summed E-state index contributed by atoms with van der Waals surface area (Å²) in [4.78, 5) is 24.7. The van der Waals surface area contributed by atoms with Crippen molar-refractivity contribution in [3.05, 3.63) is 60.0 Å². The van der Waals surface area contributed by atoms with Crippen LogP contribution in [0.5, 0.6) is 0 Å². The zero-order valence-electron chi connectivity index (χ0n) is 15.6. The average Bonchev–Trinajstić information content (AvgIpc) is 3.18. The van der Waals surface area contributed by atoms with E-state index in [0.29, 0.717) is 19.0 Å². The minimum absolute atomic E-state index is 0.202. The van der Waals surface area contributed by atoms with Crippen LogP contribution < -0.4 is 5.32 Å². The lowest BCUT2D eigenvalue weighted by atomic mass is 10.1. The Morgan fingerprint density at radius 2 is 2.07 bits per heavy atom. The molecule has 1 aromatic carbocycles. The molecule has 0 saturated carbocycles. The van der Waals surface area contributed by atoms with Crippen molar-refractivity contribution in [2.45, 2.75) is 19.6 Å². The number of aryl methyl sites for hydroxylation is 1. The van der Waals surface area contributed by atoms with E-state index in [-0.39, 0.29) is 19.1 Å². The molecule has 144 valence electrons. The lowest BCUT2D eigenvalue weighted by molar-refractivity contribution is -0.147. The Hall–Kier alpha value is -3.03. The molecule has 7 heteroatoms. The number of benzene rings is 1. The molecular formula is C21H22N4O3. The average molecular weight is 378 g/mol. The Morgan fingerprint density at radius 1 is 1.21 bits per heavy atom. The van der Waals surface area contributed by atoms with Crippen LogP contribution in [0.1, 0.15) is 11.4 Å². The lowest BCUT2D eigenvalue weighted by Gasteiger charge is -2.21. The molecule has 1 saturated heterocycles. The molecule has 0 radical (unpaired) electrons. The molecule has 28 heavy (non-hydrogen) atoms. The van der Waals surface area contributed by atoms with Gasteiger partial charge in [0.15, 0.2) is 6.10 Å². The van der Waals surface area contributed by atoms with E-state index in [1.807, 2.05) is 49.4 Å². The number of carbonyl (C=O) groups excluding carboxylic acids is 1. The van der Waals surface area contributed by atoms with Gasteiger partial charge in [-0.25, -0.2) is 4.98 Å². The van der Waals surface area contributed by atoms with E-state index in [1.54, 1.807) is 6.20 Å². The monoisotopic (exact) mass is 378 g/mol. The smallest absolute Gasteiger partial charge is 0.251 e. The number of aromatic nitrogens is 3. The number of rotatable bonds is 5. The van der Waals surface area contributed by atoms with Crippen molar-refractivity contribution in [2.75, 3.05) is 19.8 Å². The molecule has 1 atom stereocenters. The summed E-state index contributed by atoms with van der Waals surface area (Å²) in [6.45, 7) is 3.55. The van der Waals surface area contributed by atoms with E-state index in [4.69, 9.17) is 14.5 Å². The number of pyridine rings is 1. The summed E-state index contributed by atoms with van der Waals surface area (Å²) in [7, 11) is 0. The van der Waals surface area contributed by atoms with Gasteiger partial charge in [-0.2, -0.15) is 0 Å². The Bertz CT molecular complexity index is 932. The Balaban J connectivity index is 1.58. The second kappa shape index (κ2) is 8.33. The van der Waals surface area contributed by atoms with E-state index >= 15 is 0 Å². The van der Waals surface area contributed by atoms with Crippen molar-refractivity contribution >= 4 is 5.91 Å². The number of nitrogens with zero attached hydrogens (tertiary/aromatic N) is 2.